The Labute approximate surface area is 159 Å². The van der Waals surface area contributed by atoms with Gasteiger partial charge >= 0.3 is 5.97 Å². The van der Waals surface area contributed by atoms with Crippen molar-refractivity contribution >= 4 is 27.7 Å². The highest BCUT2D eigenvalue weighted by molar-refractivity contribution is 9.10. The number of carbonyl (C=O) groups excluding carboxylic acids is 2. The lowest BCUT2D eigenvalue weighted by Gasteiger charge is -2.11. The minimum absolute atomic E-state index is 0.0952. The summed E-state index contributed by atoms with van der Waals surface area (Å²) in [5, 5.41) is 10.1. The van der Waals surface area contributed by atoms with Gasteiger partial charge in [0.2, 0.25) is 0 Å². The van der Waals surface area contributed by atoms with Crippen molar-refractivity contribution in [3.05, 3.63) is 57.1 Å². The van der Waals surface area contributed by atoms with Crippen LogP contribution in [0.25, 0.3) is 0 Å². The Morgan fingerprint density at radius 3 is 2.69 bits per heavy atom. The van der Waals surface area contributed by atoms with Gasteiger partial charge in [-0.25, -0.2) is 9.37 Å². The molecule has 0 fully saturated rings. The quantitative estimate of drug-likeness (QED) is 0.535. The molecule has 1 heterocycles. The maximum atomic E-state index is 14.1. The maximum Gasteiger partial charge on any atom is 0.306 e. The summed E-state index contributed by atoms with van der Waals surface area (Å²) in [6.07, 6.45) is -0.0500. The Morgan fingerprint density at radius 2 is 2.04 bits per heavy atom. The van der Waals surface area contributed by atoms with Crippen molar-refractivity contribution < 1.29 is 23.8 Å². The number of pyridine rings is 1. The van der Waals surface area contributed by atoms with E-state index in [0.29, 0.717) is 11.3 Å². The molecule has 0 saturated heterocycles. The molecule has 0 radical (unpaired) electrons. The second kappa shape index (κ2) is 8.89. The van der Waals surface area contributed by atoms with E-state index in [0.717, 1.165) is 5.56 Å². The van der Waals surface area contributed by atoms with E-state index in [-0.39, 0.29) is 47.6 Å². The van der Waals surface area contributed by atoms with Crippen LogP contribution < -0.4 is 0 Å². The molecule has 0 spiro atoms. The fourth-order valence-electron chi connectivity index (χ4n) is 2.48. The van der Waals surface area contributed by atoms with Gasteiger partial charge in [0.05, 0.1) is 17.5 Å². The first-order valence-corrected chi connectivity index (χ1v) is 8.94. The summed E-state index contributed by atoms with van der Waals surface area (Å²) in [7, 11) is 0. The Balaban J connectivity index is 2.26. The van der Waals surface area contributed by atoms with Gasteiger partial charge in [-0.15, -0.1) is 0 Å². The molecule has 1 aromatic carbocycles. The van der Waals surface area contributed by atoms with Gasteiger partial charge in [-0.2, -0.15) is 0 Å². The fourth-order valence-corrected chi connectivity index (χ4v) is 2.93. The summed E-state index contributed by atoms with van der Waals surface area (Å²) in [5.74, 6) is -1.63. The number of ketones is 1. The molecule has 0 bridgehead atoms. The highest BCUT2D eigenvalue weighted by Gasteiger charge is 2.19. The van der Waals surface area contributed by atoms with Gasteiger partial charge in [-0.05, 0) is 53.0 Å². The van der Waals surface area contributed by atoms with Crippen LogP contribution in [0.3, 0.4) is 0 Å². The van der Waals surface area contributed by atoms with Gasteiger partial charge in [0.1, 0.15) is 11.5 Å². The number of hydrogen-bond donors (Lipinski definition) is 1. The summed E-state index contributed by atoms with van der Waals surface area (Å²) >= 11 is 3.19. The van der Waals surface area contributed by atoms with Gasteiger partial charge < -0.3 is 9.84 Å². The summed E-state index contributed by atoms with van der Waals surface area (Å²) in [6.45, 7) is 3.71. The smallest absolute Gasteiger partial charge is 0.306 e. The second-order valence-corrected chi connectivity index (χ2v) is 6.59. The van der Waals surface area contributed by atoms with Crippen molar-refractivity contribution in [3.63, 3.8) is 0 Å². The second-order valence-electron chi connectivity index (χ2n) is 5.73. The number of nitrogens with zero attached hydrogens (tertiary/aromatic N) is 1. The van der Waals surface area contributed by atoms with Crippen molar-refractivity contribution in [1.29, 1.82) is 0 Å². The standard InChI is InChI=1S/C19H19BrFNO4/c1-3-26-17(24)8-7-16(23)18-19(25)14(20)10-12(22-18)9-13-11(2)5-4-6-15(13)21/h4-6,10,25H,3,7-9H2,1-2H3. The molecule has 2 rings (SSSR count). The Kier molecular flexibility index (Phi) is 6.85. The van der Waals surface area contributed by atoms with E-state index in [1.54, 1.807) is 32.0 Å². The Hall–Kier alpha value is -2.28. The molecule has 0 unspecified atom stereocenters. The Bertz CT molecular complexity index is 818. The number of halogens is 2. The number of hydrogen-bond acceptors (Lipinski definition) is 5. The lowest BCUT2D eigenvalue weighted by atomic mass is 10.0. The van der Waals surface area contributed by atoms with Gasteiger partial charge in [-0.1, -0.05) is 12.1 Å². The van der Waals surface area contributed by atoms with E-state index >= 15 is 0 Å². The van der Waals surface area contributed by atoms with Crippen molar-refractivity contribution in [3.8, 4) is 5.75 Å². The summed E-state index contributed by atoms with van der Waals surface area (Å²) in [4.78, 5) is 27.9. The monoisotopic (exact) mass is 423 g/mol. The molecule has 26 heavy (non-hydrogen) atoms. The van der Waals surface area contributed by atoms with Crippen molar-refractivity contribution in [2.45, 2.75) is 33.1 Å². The lowest BCUT2D eigenvalue weighted by Crippen LogP contribution is -2.11. The van der Waals surface area contributed by atoms with Crippen LogP contribution >= 0.6 is 15.9 Å². The minimum atomic E-state index is -0.488. The average Bonchev–Trinajstić information content (AvgIpc) is 2.59. The van der Waals surface area contributed by atoms with Gasteiger partial charge in [0.15, 0.2) is 11.5 Å². The Morgan fingerprint density at radius 1 is 1.31 bits per heavy atom. The predicted octanol–water partition coefficient (Wildman–Crippen LogP) is 4.11. The maximum absolute atomic E-state index is 14.1. The van der Waals surface area contributed by atoms with Crippen molar-refractivity contribution in [2.75, 3.05) is 6.61 Å². The third-order valence-electron chi connectivity index (χ3n) is 3.84. The van der Waals surface area contributed by atoms with Gasteiger partial charge in [0, 0.05) is 18.5 Å². The van der Waals surface area contributed by atoms with Crippen molar-refractivity contribution in [1.82, 2.24) is 4.98 Å². The summed E-state index contributed by atoms with van der Waals surface area (Å²) < 4.78 is 19.1. The molecule has 1 N–H and O–H groups in total. The van der Waals surface area contributed by atoms with E-state index in [4.69, 9.17) is 4.74 Å². The third-order valence-corrected chi connectivity index (χ3v) is 4.44. The number of aryl methyl sites for hydroxylation is 1. The number of benzene rings is 1. The molecule has 0 aliphatic rings. The molecule has 0 amide bonds. The molecule has 138 valence electrons. The highest BCUT2D eigenvalue weighted by Crippen LogP contribution is 2.30. The van der Waals surface area contributed by atoms with Crippen LogP contribution in [0.2, 0.25) is 0 Å². The number of rotatable bonds is 7. The number of ether oxygens (including phenoxy) is 1. The number of carbonyl (C=O) groups is 2. The minimum Gasteiger partial charge on any atom is -0.504 e. The van der Waals surface area contributed by atoms with Crippen LogP contribution in [-0.2, 0) is 16.0 Å². The first kappa shape index (κ1) is 20.0. The number of aromatic hydroxyl groups is 1. The largest absolute Gasteiger partial charge is 0.504 e. The molecule has 0 saturated carbocycles. The lowest BCUT2D eigenvalue weighted by molar-refractivity contribution is -0.143. The molecule has 7 heteroatoms. The van der Waals surface area contributed by atoms with Gasteiger partial charge in [-0.3, -0.25) is 9.59 Å². The van der Waals surface area contributed by atoms with Crippen LogP contribution in [0.5, 0.6) is 5.75 Å². The van der Waals surface area contributed by atoms with E-state index in [1.807, 2.05) is 0 Å². The molecule has 5 nitrogen and oxygen atoms in total. The van der Waals surface area contributed by atoms with Crippen molar-refractivity contribution in [2.24, 2.45) is 0 Å². The van der Waals surface area contributed by atoms with Crippen LogP contribution in [0, 0.1) is 12.7 Å². The zero-order valence-corrected chi connectivity index (χ0v) is 16.1. The summed E-state index contributed by atoms with van der Waals surface area (Å²) in [5.41, 5.74) is 1.53. The molecule has 2 aromatic rings. The van der Waals surface area contributed by atoms with Gasteiger partial charge in [0.25, 0.3) is 0 Å². The molecular formula is C19H19BrFNO4. The van der Waals surface area contributed by atoms with E-state index in [1.165, 1.54) is 6.07 Å². The van der Waals surface area contributed by atoms with E-state index in [2.05, 4.69) is 20.9 Å². The zero-order valence-electron chi connectivity index (χ0n) is 14.5. The fraction of sp³-hybridized carbons (Fsp3) is 0.316. The first-order chi connectivity index (χ1) is 12.3. The zero-order chi connectivity index (χ0) is 19.3. The normalized spacial score (nSPS) is 10.6. The highest BCUT2D eigenvalue weighted by atomic mass is 79.9. The number of esters is 1. The predicted molar refractivity (Wildman–Crippen MR) is 97.7 cm³/mol. The van der Waals surface area contributed by atoms with Crippen LogP contribution in [0.4, 0.5) is 4.39 Å². The molecular weight excluding hydrogens is 405 g/mol. The third kappa shape index (κ3) is 4.88. The number of aromatic nitrogens is 1. The SMILES string of the molecule is CCOC(=O)CCC(=O)c1nc(Cc2c(C)cccc2F)cc(Br)c1O. The average molecular weight is 424 g/mol. The molecule has 0 aliphatic carbocycles. The summed E-state index contributed by atoms with van der Waals surface area (Å²) in [6, 6.07) is 6.32. The van der Waals surface area contributed by atoms with E-state index in [9.17, 15) is 19.1 Å². The van der Waals surface area contributed by atoms with E-state index < -0.39 is 11.8 Å². The molecule has 0 aliphatic heterocycles. The first-order valence-electron chi connectivity index (χ1n) is 8.14. The van der Waals surface area contributed by atoms with Crippen LogP contribution in [0.15, 0.2) is 28.7 Å². The molecule has 1 aromatic heterocycles. The van der Waals surface area contributed by atoms with Crippen LogP contribution in [0.1, 0.15) is 47.1 Å². The molecule has 0 atom stereocenters. The number of Topliss-reactive ketones (excluding diaryl/α,β-unsaturated/α-hetero) is 1. The topological polar surface area (TPSA) is 76.5 Å². The van der Waals surface area contributed by atoms with Crippen LogP contribution in [-0.4, -0.2) is 28.4 Å².